The zero-order valence-electron chi connectivity index (χ0n) is 14.9. The summed E-state index contributed by atoms with van der Waals surface area (Å²) < 4.78 is 6.06. The Morgan fingerprint density at radius 1 is 1.12 bits per heavy atom. The minimum Gasteiger partial charge on any atom is -0.472 e. The normalized spacial score (nSPS) is 19.9. The second kappa shape index (κ2) is 6.22. The Balaban J connectivity index is 1.45. The molecule has 0 spiro atoms. The van der Waals surface area contributed by atoms with Crippen LogP contribution in [0, 0.1) is 20.8 Å². The summed E-state index contributed by atoms with van der Waals surface area (Å²) in [7, 11) is 0. The molecule has 2 aromatic rings. The van der Waals surface area contributed by atoms with Crippen LogP contribution in [-0.2, 0) is 19.3 Å². The van der Waals surface area contributed by atoms with Crippen LogP contribution in [0.4, 0.5) is 0 Å². The molecule has 7 nitrogen and oxygen atoms in total. The summed E-state index contributed by atoms with van der Waals surface area (Å²) in [5.74, 6) is 2.18. The maximum Gasteiger partial charge on any atom is 0.254 e. The zero-order chi connectivity index (χ0) is 17.6. The molecule has 4 heterocycles. The molecule has 2 aliphatic heterocycles. The van der Waals surface area contributed by atoms with Crippen molar-refractivity contribution in [3.05, 3.63) is 44.5 Å². The van der Waals surface area contributed by atoms with Crippen LogP contribution in [0.5, 0.6) is 5.88 Å². The second-order valence-corrected chi connectivity index (χ2v) is 6.96. The Kier molecular flexibility index (Phi) is 4.03. The minimum absolute atomic E-state index is 0.00949. The first-order valence-electron chi connectivity index (χ1n) is 8.81. The zero-order valence-corrected chi connectivity index (χ0v) is 14.9. The molecule has 2 aliphatic rings. The highest BCUT2D eigenvalue weighted by Crippen LogP contribution is 2.29. The van der Waals surface area contributed by atoms with Gasteiger partial charge in [0.1, 0.15) is 17.8 Å². The number of aromatic nitrogens is 4. The molecule has 0 radical (unpaired) electrons. The van der Waals surface area contributed by atoms with Gasteiger partial charge in [0.05, 0.1) is 5.69 Å². The van der Waals surface area contributed by atoms with Crippen molar-refractivity contribution in [2.75, 3.05) is 19.6 Å². The van der Waals surface area contributed by atoms with Gasteiger partial charge in [-0.15, -0.1) is 0 Å². The molecular formula is C18H23N5O2. The van der Waals surface area contributed by atoms with E-state index in [0.717, 1.165) is 73.1 Å². The lowest BCUT2D eigenvalue weighted by molar-refractivity contribution is 0.150. The first-order chi connectivity index (χ1) is 12.0. The van der Waals surface area contributed by atoms with E-state index in [1.165, 1.54) is 0 Å². The van der Waals surface area contributed by atoms with Gasteiger partial charge in [0.2, 0.25) is 5.88 Å². The molecule has 0 aliphatic carbocycles. The lowest BCUT2D eigenvalue weighted by Gasteiger charge is -2.22. The Morgan fingerprint density at radius 2 is 1.92 bits per heavy atom. The lowest BCUT2D eigenvalue weighted by Crippen LogP contribution is -2.36. The first kappa shape index (κ1) is 16.2. The molecule has 132 valence electrons. The van der Waals surface area contributed by atoms with Gasteiger partial charge in [0, 0.05) is 49.3 Å². The van der Waals surface area contributed by atoms with Crippen molar-refractivity contribution in [3.8, 4) is 5.88 Å². The molecule has 1 atom stereocenters. The van der Waals surface area contributed by atoms with Gasteiger partial charge in [-0.25, -0.2) is 9.97 Å². The van der Waals surface area contributed by atoms with Crippen molar-refractivity contribution < 1.29 is 4.74 Å². The first-order valence-corrected chi connectivity index (χ1v) is 8.81. The number of rotatable bonds is 2. The molecular weight excluding hydrogens is 318 g/mol. The van der Waals surface area contributed by atoms with Crippen molar-refractivity contribution in [3.63, 3.8) is 0 Å². The smallest absolute Gasteiger partial charge is 0.254 e. The monoisotopic (exact) mass is 341 g/mol. The van der Waals surface area contributed by atoms with E-state index in [4.69, 9.17) is 4.74 Å². The third-order valence-electron chi connectivity index (χ3n) is 5.02. The van der Waals surface area contributed by atoms with Crippen LogP contribution in [0.2, 0.25) is 0 Å². The molecule has 0 saturated carbocycles. The topological polar surface area (TPSA) is 84.0 Å². The molecule has 7 heteroatoms. The molecule has 0 fully saturated rings. The number of hydrogen-bond acceptors (Lipinski definition) is 6. The maximum absolute atomic E-state index is 12.2. The van der Waals surface area contributed by atoms with Crippen LogP contribution in [0.3, 0.4) is 0 Å². The average Bonchev–Trinajstić information content (AvgIpc) is 2.82. The van der Waals surface area contributed by atoms with E-state index in [0.29, 0.717) is 5.82 Å². The molecule has 0 amide bonds. The fourth-order valence-corrected chi connectivity index (χ4v) is 3.82. The number of fused-ring (bicyclic) bond motifs is 2. The molecule has 0 bridgehead atoms. The highest BCUT2D eigenvalue weighted by molar-refractivity contribution is 5.34. The number of H-pyrrole nitrogens is 1. The minimum atomic E-state index is 0.00949. The summed E-state index contributed by atoms with van der Waals surface area (Å²) in [6.45, 7) is 8.31. The largest absolute Gasteiger partial charge is 0.472 e. The Hall–Kier alpha value is -2.28. The van der Waals surface area contributed by atoms with Gasteiger partial charge in [-0.3, -0.25) is 9.69 Å². The number of ether oxygens (including phenoxy) is 1. The van der Waals surface area contributed by atoms with E-state index in [1.54, 1.807) is 0 Å². The van der Waals surface area contributed by atoms with Crippen LogP contribution in [0.15, 0.2) is 4.79 Å². The number of aryl methyl sites for hydroxylation is 3. The van der Waals surface area contributed by atoms with Crippen molar-refractivity contribution in [1.29, 1.82) is 0 Å². The third-order valence-corrected chi connectivity index (χ3v) is 5.02. The van der Waals surface area contributed by atoms with Crippen LogP contribution in [0.25, 0.3) is 0 Å². The van der Waals surface area contributed by atoms with Gasteiger partial charge < -0.3 is 9.72 Å². The molecule has 0 saturated heterocycles. The average molecular weight is 341 g/mol. The van der Waals surface area contributed by atoms with E-state index in [1.807, 2.05) is 20.8 Å². The Bertz CT molecular complexity index is 877. The van der Waals surface area contributed by atoms with E-state index in [-0.39, 0.29) is 11.7 Å². The molecule has 0 unspecified atom stereocenters. The second-order valence-electron chi connectivity index (χ2n) is 6.96. The predicted octanol–water partition coefficient (Wildman–Crippen LogP) is 0.889. The quantitative estimate of drug-likeness (QED) is 0.873. The summed E-state index contributed by atoms with van der Waals surface area (Å²) in [4.78, 5) is 30.7. The molecule has 0 aromatic carbocycles. The van der Waals surface area contributed by atoms with Gasteiger partial charge in [0.25, 0.3) is 5.56 Å². The highest BCUT2D eigenvalue weighted by atomic mass is 16.5. The van der Waals surface area contributed by atoms with E-state index in [9.17, 15) is 4.79 Å². The van der Waals surface area contributed by atoms with Gasteiger partial charge in [-0.1, -0.05) is 0 Å². The van der Waals surface area contributed by atoms with E-state index >= 15 is 0 Å². The van der Waals surface area contributed by atoms with Crippen LogP contribution in [-0.4, -0.2) is 50.6 Å². The SMILES string of the molecule is Cc1nc(C)c2c(n1)O[C@H](CN1CCc3nc(C)[nH]c(=O)c3CC1)C2. The van der Waals surface area contributed by atoms with Crippen molar-refractivity contribution in [2.24, 2.45) is 0 Å². The van der Waals surface area contributed by atoms with E-state index in [2.05, 4.69) is 24.8 Å². The highest BCUT2D eigenvalue weighted by Gasteiger charge is 2.29. The number of nitrogens with zero attached hydrogens (tertiary/aromatic N) is 4. The van der Waals surface area contributed by atoms with E-state index < -0.39 is 0 Å². The summed E-state index contributed by atoms with van der Waals surface area (Å²) >= 11 is 0. The molecule has 4 rings (SSSR count). The number of hydrogen-bond donors (Lipinski definition) is 1. The number of nitrogens with one attached hydrogen (secondary N) is 1. The lowest BCUT2D eigenvalue weighted by atomic mass is 10.1. The van der Waals surface area contributed by atoms with Crippen molar-refractivity contribution in [2.45, 2.75) is 46.1 Å². The number of aromatic amines is 1. The Morgan fingerprint density at radius 3 is 2.76 bits per heavy atom. The van der Waals surface area contributed by atoms with Crippen LogP contribution < -0.4 is 10.3 Å². The molecule has 2 aromatic heterocycles. The van der Waals surface area contributed by atoms with Crippen LogP contribution >= 0.6 is 0 Å². The third kappa shape index (κ3) is 3.16. The van der Waals surface area contributed by atoms with Gasteiger partial charge >= 0.3 is 0 Å². The van der Waals surface area contributed by atoms with Crippen molar-refractivity contribution in [1.82, 2.24) is 24.8 Å². The molecule has 1 N–H and O–H groups in total. The molecule has 25 heavy (non-hydrogen) atoms. The summed E-state index contributed by atoms with van der Waals surface area (Å²) in [6, 6.07) is 0. The predicted molar refractivity (Wildman–Crippen MR) is 93.1 cm³/mol. The standard InChI is InChI=1S/C18H23N5O2/c1-10-15-8-13(25-18(15)22-11(2)19-10)9-23-6-4-14-16(5-7-23)20-12(3)21-17(14)24/h13H,4-9H2,1-3H3,(H,20,21,24)/t13-/m0/s1. The Labute approximate surface area is 146 Å². The van der Waals surface area contributed by atoms with Gasteiger partial charge in [-0.05, 0) is 27.2 Å². The van der Waals surface area contributed by atoms with Crippen LogP contribution in [0.1, 0.15) is 34.2 Å². The summed E-state index contributed by atoms with van der Waals surface area (Å²) in [5.41, 5.74) is 3.93. The van der Waals surface area contributed by atoms with Gasteiger partial charge in [-0.2, -0.15) is 4.98 Å². The van der Waals surface area contributed by atoms with Crippen molar-refractivity contribution >= 4 is 0 Å². The fraction of sp³-hybridized carbons (Fsp3) is 0.556. The maximum atomic E-state index is 12.2. The summed E-state index contributed by atoms with van der Waals surface area (Å²) in [5, 5.41) is 0. The fourth-order valence-electron chi connectivity index (χ4n) is 3.82. The summed E-state index contributed by atoms with van der Waals surface area (Å²) in [6.07, 6.45) is 2.48. The van der Waals surface area contributed by atoms with Gasteiger partial charge in [0.15, 0.2) is 0 Å².